The number of benzene rings is 1. The second-order valence-corrected chi connectivity index (χ2v) is 6.24. The highest BCUT2D eigenvalue weighted by atomic mass is 35.5. The molecule has 0 heterocycles. The molecule has 1 rings (SSSR count). The molecule has 1 unspecified atom stereocenters. The predicted molar refractivity (Wildman–Crippen MR) is 95.9 cm³/mol. The molecular formula is C18H27ClN2O. The van der Waals surface area contributed by atoms with Gasteiger partial charge in [-0.15, -0.1) is 0 Å². The van der Waals surface area contributed by atoms with Crippen LogP contribution < -0.4 is 0 Å². The summed E-state index contributed by atoms with van der Waals surface area (Å²) in [5.74, 6) is 0.227. The van der Waals surface area contributed by atoms with Crippen molar-refractivity contribution in [2.75, 3.05) is 20.6 Å². The maximum atomic E-state index is 9.40. The number of unbranched alkanes of at least 4 members (excludes halogenated alkanes) is 2. The van der Waals surface area contributed by atoms with Gasteiger partial charge < -0.3 is 10.1 Å². The molecular weight excluding hydrogens is 296 g/mol. The van der Waals surface area contributed by atoms with Gasteiger partial charge in [-0.05, 0) is 38.2 Å². The van der Waals surface area contributed by atoms with Crippen LogP contribution in [0, 0.1) is 5.92 Å². The molecule has 1 atom stereocenters. The smallest absolute Gasteiger partial charge is 0.0839 e. The Morgan fingerprint density at radius 1 is 1.32 bits per heavy atom. The van der Waals surface area contributed by atoms with Gasteiger partial charge in [0.25, 0.3) is 0 Å². The minimum atomic E-state index is 0.227. The highest BCUT2D eigenvalue weighted by molar-refractivity contribution is 6.32. The molecule has 0 bridgehead atoms. The third-order valence-electron chi connectivity index (χ3n) is 3.61. The number of hydrogen-bond acceptors (Lipinski definition) is 3. The van der Waals surface area contributed by atoms with Gasteiger partial charge in [0.05, 0.1) is 5.71 Å². The highest BCUT2D eigenvalue weighted by Gasteiger charge is 2.15. The lowest BCUT2D eigenvalue weighted by molar-refractivity contribution is 0.305. The molecule has 0 aliphatic heterocycles. The van der Waals surface area contributed by atoms with Crippen LogP contribution in [0.2, 0.25) is 5.02 Å². The molecule has 0 amide bonds. The average molecular weight is 323 g/mol. The Bertz CT molecular complexity index is 498. The molecule has 0 radical (unpaired) electrons. The Kier molecular flexibility index (Phi) is 8.86. The van der Waals surface area contributed by atoms with Crippen molar-refractivity contribution in [3.63, 3.8) is 0 Å². The number of allylic oxidation sites excluding steroid dienone is 1. The van der Waals surface area contributed by atoms with E-state index in [9.17, 15) is 5.21 Å². The molecule has 0 aliphatic carbocycles. The van der Waals surface area contributed by atoms with Gasteiger partial charge in [-0.3, -0.25) is 0 Å². The molecule has 0 aliphatic rings. The lowest BCUT2D eigenvalue weighted by atomic mass is 9.94. The zero-order valence-electron chi connectivity index (χ0n) is 13.8. The zero-order valence-corrected chi connectivity index (χ0v) is 14.6. The molecule has 1 aromatic rings. The largest absolute Gasteiger partial charge is 0.411 e. The average Bonchev–Trinajstić information content (AvgIpc) is 2.49. The number of halogens is 1. The monoisotopic (exact) mass is 322 g/mol. The van der Waals surface area contributed by atoms with Gasteiger partial charge in [-0.2, -0.15) is 0 Å². The van der Waals surface area contributed by atoms with Gasteiger partial charge in [-0.25, -0.2) is 0 Å². The molecule has 1 aromatic carbocycles. The Labute approximate surface area is 139 Å². The van der Waals surface area contributed by atoms with E-state index in [0.29, 0.717) is 10.7 Å². The van der Waals surface area contributed by atoms with E-state index in [2.05, 4.69) is 17.0 Å². The van der Waals surface area contributed by atoms with Crippen molar-refractivity contribution in [1.29, 1.82) is 0 Å². The molecule has 0 saturated carbocycles. The summed E-state index contributed by atoms with van der Waals surface area (Å²) in [6.45, 7) is 3.06. The number of oxime groups is 1. The van der Waals surface area contributed by atoms with Gasteiger partial charge in [0, 0.05) is 17.5 Å². The molecule has 0 spiro atoms. The molecule has 0 fully saturated rings. The van der Waals surface area contributed by atoms with Crippen LogP contribution in [0.5, 0.6) is 0 Å². The van der Waals surface area contributed by atoms with E-state index >= 15 is 0 Å². The molecule has 22 heavy (non-hydrogen) atoms. The summed E-state index contributed by atoms with van der Waals surface area (Å²) < 4.78 is 0. The third kappa shape index (κ3) is 6.63. The Hall–Kier alpha value is -1.32. The first kappa shape index (κ1) is 18.7. The molecule has 122 valence electrons. The summed E-state index contributed by atoms with van der Waals surface area (Å²) >= 11 is 6.16. The number of hydrogen-bond donors (Lipinski definition) is 1. The molecule has 3 nitrogen and oxygen atoms in total. The summed E-state index contributed by atoms with van der Waals surface area (Å²) in [7, 11) is 4.08. The topological polar surface area (TPSA) is 35.8 Å². The highest BCUT2D eigenvalue weighted by Crippen LogP contribution is 2.19. The summed E-state index contributed by atoms with van der Waals surface area (Å²) in [5.41, 5.74) is 1.65. The van der Waals surface area contributed by atoms with Gasteiger partial charge >= 0.3 is 0 Å². The Balaban J connectivity index is 2.82. The minimum Gasteiger partial charge on any atom is -0.411 e. The summed E-state index contributed by atoms with van der Waals surface area (Å²) in [4.78, 5) is 2.13. The third-order valence-corrected chi connectivity index (χ3v) is 3.96. The lowest BCUT2D eigenvalue weighted by Gasteiger charge is -2.20. The fourth-order valence-corrected chi connectivity index (χ4v) is 2.65. The van der Waals surface area contributed by atoms with Crippen LogP contribution >= 0.6 is 11.6 Å². The number of rotatable bonds is 9. The van der Waals surface area contributed by atoms with Crippen LogP contribution in [-0.4, -0.2) is 36.5 Å². The van der Waals surface area contributed by atoms with Crippen molar-refractivity contribution in [3.05, 3.63) is 40.9 Å². The molecule has 1 N–H and O–H groups in total. The fourth-order valence-electron chi connectivity index (χ4n) is 2.45. The molecule has 0 aromatic heterocycles. The molecule has 0 saturated heterocycles. The van der Waals surface area contributed by atoms with Gasteiger partial charge in [0.15, 0.2) is 0 Å². The van der Waals surface area contributed by atoms with Crippen LogP contribution in [0.25, 0.3) is 6.08 Å². The first-order chi connectivity index (χ1) is 10.6. The van der Waals surface area contributed by atoms with E-state index in [4.69, 9.17) is 11.6 Å². The standard InChI is InChI=1S/C18H27ClN2O/c1-4-5-6-10-16(14-21(2)3)18(20-22)13-12-15-9-7-8-11-17(15)19/h7-9,11-13,16,22H,4-6,10,14H2,1-3H3/b13-12+,20-18?. The predicted octanol–water partition coefficient (Wildman–Crippen LogP) is 4.94. The van der Waals surface area contributed by atoms with Crippen molar-refractivity contribution < 1.29 is 5.21 Å². The maximum Gasteiger partial charge on any atom is 0.0839 e. The van der Waals surface area contributed by atoms with E-state index in [-0.39, 0.29) is 5.92 Å². The zero-order chi connectivity index (χ0) is 16.4. The van der Waals surface area contributed by atoms with Gasteiger partial charge in [0.1, 0.15) is 0 Å². The van der Waals surface area contributed by atoms with Crippen LogP contribution in [0.3, 0.4) is 0 Å². The van der Waals surface area contributed by atoms with Gasteiger partial charge in [0.2, 0.25) is 0 Å². The second-order valence-electron chi connectivity index (χ2n) is 5.83. The van der Waals surface area contributed by atoms with Crippen molar-refractivity contribution in [2.24, 2.45) is 11.1 Å². The van der Waals surface area contributed by atoms with Crippen LogP contribution in [-0.2, 0) is 0 Å². The van der Waals surface area contributed by atoms with Crippen LogP contribution in [0.1, 0.15) is 38.2 Å². The second kappa shape index (κ2) is 10.4. The quantitative estimate of drug-likeness (QED) is 0.302. The summed E-state index contributed by atoms with van der Waals surface area (Å²) in [6.07, 6.45) is 8.36. The Morgan fingerprint density at radius 3 is 2.64 bits per heavy atom. The van der Waals surface area contributed by atoms with Crippen molar-refractivity contribution in [1.82, 2.24) is 4.90 Å². The van der Waals surface area contributed by atoms with Crippen LogP contribution in [0.4, 0.5) is 0 Å². The van der Waals surface area contributed by atoms with Gasteiger partial charge in [-0.1, -0.05) is 67.2 Å². The summed E-state index contributed by atoms with van der Waals surface area (Å²) in [6, 6.07) is 7.65. The van der Waals surface area contributed by atoms with Crippen molar-refractivity contribution in [2.45, 2.75) is 32.6 Å². The summed E-state index contributed by atoms with van der Waals surface area (Å²) in [5, 5.41) is 13.6. The number of nitrogens with zero attached hydrogens (tertiary/aromatic N) is 2. The van der Waals surface area contributed by atoms with E-state index in [1.54, 1.807) is 0 Å². The van der Waals surface area contributed by atoms with Crippen molar-refractivity contribution in [3.8, 4) is 0 Å². The van der Waals surface area contributed by atoms with Crippen LogP contribution in [0.15, 0.2) is 35.5 Å². The van der Waals surface area contributed by atoms with E-state index in [1.165, 1.54) is 12.8 Å². The Morgan fingerprint density at radius 2 is 2.05 bits per heavy atom. The van der Waals surface area contributed by atoms with E-state index < -0.39 is 0 Å². The maximum absolute atomic E-state index is 9.40. The lowest BCUT2D eigenvalue weighted by Crippen LogP contribution is -2.27. The SMILES string of the molecule is CCCCCC(CN(C)C)C(/C=C/c1ccccc1Cl)=NO. The van der Waals surface area contributed by atoms with Crippen molar-refractivity contribution >= 4 is 23.4 Å². The normalized spacial score (nSPS) is 14.0. The first-order valence-electron chi connectivity index (χ1n) is 7.87. The first-order valence-corrected chi connectivity index (χ1v) is 8.25. The fraction of sp³-hybridized carbons (Fsp3) is 0.500. The van der Waals surface area contributed by atoms with E-state index in [0.717, 1.165) is 24.9 Å². The minimum absolute atomic E-state index is 0.227. The van der Waals surface area contributed by atoms with E-state index in [1.807, 2.05) is 50.5 Å². The molecule has 4 heteroatoms.